The molecular weight excluding hydrogens is 350 g/mol. The number of carbonyl (C=O) groups excluding carboxylic acids is 1. The van der Waals surface area contributed by atoms with Crippen LogP contribution >= 0.6 is 0 Å². The predicted molar refractivity (Wildman–Crippen MR) is 112 cm³/mol. The van der Waals surface area contributed by atoms with Crippen LogP contribution in [0.5, 0.6) is 0 Å². The van der Waals surface area contributed by atoms with E-state index in [1.807, 2.05) is 50.2 Å². The number of fused-ring (bicyclic) bond motifs is 2. The standard InChI is InChI=1S/C23H21N3O2/c1-15(2)26-23(28)20-10-6-5-9-19(20)21(25-26)22(27)24-14-16-11-12-17-7-3-4-8-18(17)13-16/h3-13,15H,14H2,1-2H3,(H,24,27). The second-order valence-corrected chi connectivity index (χ2v) is 7.10. The Morgan fingerprint density at radius 1 is 0.964 bits per heavy atom. The van der Waals surface area contributed by atoms with Gasteiger partial charge >= 0.3 is 0 Å². The zero-order valence-corrected chi connectivity index (χ0v) is 15.8. The molecule has 0 saturated heterocycles. The maximum absolute atomic E-state index is 12.9. The first-order valence-corrected chi connectivity index (χ1v) is 9.32. The van der Waals surface area contributed by atoms with E-state index in [0.29, 0.717) is 17.3 Å². The lowest BCUT2D eigenvalue weighted by atomic mass is 10.1. The number of hydrogen-bond donors (Lipinski definition) is 1. The Bertz CT molecular complexity index is 1240. The zero-order valence-electron chi connectivity index (χ0n) is 15.8. The Morgan fingerprint density at radius 2 is 1.64 bits per heavy atom. The molecule has 0 aliphatic carbocycles. The lowest BCUT2D eigenvalue weighted by Crippen LogP contribution is -2.31. The van der Waals surface area contributed by atoms with E-state index in [9.17, 15) is 9.59 Å². The molecule has 0 spiro atoms. The summed E-state index contributed by atoms with van der Waals surface area (Å²) in [6.07, 6.45) is 0. The molecule has 1 aromatic heterocycles. The summed E-state index contributed by atoms with van der Waals surface area (Å²) in [6.45, 7) is 4.14. The molecule has 4 aromatic rings. The van der Waals surface area contributed by atoms with Crippen LogP contribution in [-0.2, 0) is 6.54 Å². The molecule has 0 aliphatic heterocycles. The van der Waals surface area contributed by atoms with E-state index in [-0.39, 0.29) is 23.2 Å². The third kappa shape index (κ3) is 3.27. The molecule has 1 N–H and O–H groups in total. The molecular formula is C23H21N3O2. The molecule has 4 rings (SSSR count). The van der Waals surface area contributed by atoms with Crippen LogP contribution in [0.15, 0.2) is 71.5 Å². The Morgan fingerprint density at radius 3 is 2.39 bits per heavy atom. The molecule has 3 aromatic carbocycles. The summed E-state index contributed by atoms with van der Waals surface area (Å²) in [6, 6.07) is 21.2. The second kappa shape index (κ2) is 7.27. The number of hydrogen-bond acceptors (Lipinski definition) is 3. The van der Waals surface area contributed by atoms with Gasteiger partial charge in [0.05, 0.1) is 11.4 Å². The van der Waals surface area contributed by atoms with Crippen molar-refractivity contribution in [3.05, 3.63) is 88.3 Å². The number of nitrogens with one attached hydrogen (secondary N) is 1. The summed E-state index contributed by atoms with van der Waals surface area (Å²) in [7, 11) is 0. The van der Waals surface area contributed by atoms with Gasteiger partial charge in [-0.3, -0.25) is 9.59 Å². The van der Waals surface area contributed by atoms with Gasteiger partial charge in [-0.05, 0) is 42.3 Å². The van der Waals surface area contributed by atoms with E-state index in [0.717, 1.165) is 16.3 Å². The summed E-state index contributed by atoms with van der Waals surface area (Å²) in [4.78, 5) is 25.5. The summed E-state index contributed by atoms with van der Waals surface area (Å²) >= 11 is 0. The largest absolute Gasteiger partial charge is 0.347 e. The van der Waals surface area contributed by atoms with Crippen LogP contribution in [0, 0.1) is 0 Å². The molecule has 0 saturated carbocycles. The van der Waals surface area contributed by atoms with Crippen molar-refractivity contribution in [1.82, 2.24) is 15.1 Å². The van der Waals surface area contributed by atoms with Crippen LogP contribution in [0.25, 0.3) is 21.5 Å². The minimum absolute atomic E-state index is 0.135. The number of carbonyl (C=O) groups is 1. The fourth-order valence-corrected chi connectivity index (χ4v) is 3.34. The molecule has 28 heavy (non-hydrogen) atoms. The molecule has 5 nitrogen and oxygen atoms in total. The second-order valence-electron chi connectivity index (χ2n) is 7.10. The minimum atomic E-state index is -0.293. The minimum Gasteiger partial charge on any atom is -0.347 e. The monoisotopic (exact) mass is 371 g/mol. The molecule has 0 bridgehead atoms. The quantitative estimate of drug-likeness (QED) is 0.588. The van der Waals surface area contributed by atoms with E-state index in [2.05, 4.69) is 22.5 Å². The van der Waals surface area contributed by atoms with Crippen LogP contribution in [0.2, 0.25) is 0 Å². The van der Waals surface area contributed by atoms with E-state index >= 15 is 0 Å². The van der Waals surface area contributed by atoms with Crippen LogP contribution in [0.4, 0.5) is 0 Å². The Hall–Kier alpha value is -3.47. The smallest absolute Gasteiger partial charge is 0.274 e. The van der Waals surface area contributed by atoms with Crippen molar-refractivity contribution >= 4 is 27.5 Å². The summed E-state index contributed by atoms with van der Waals surface area (Å²) in [5.41, 5.74) is 1.09. The van der Waals surface area contributed by atoms with Crippen molar-refractivity contribution < 1.29 is 4.79 Å². The van der Waals surface area contributed by atoms with Crippen molar-refractivity contribution in [3.8, 4) is 0 Å². The first-order valence-electron chi connectivity index (χ1n) is 9.32. The molecule has 1 amide bonds. The van der Waals surface area contributed by atoms with Gasteiger partial charge in [0.15, 0.2) is 5.69 Å². The average Bonchev–Trinajstić information content (AvgIpc) is 2.72. The van der Waals surface area contributed by atoms with Gasteiger partial charge in [0.1, 0.15) is 0 Å². The third-order valence-corrected chi connectivity index (χ3v) is 4.80. The molecule has 0 atom stereocenters. The van der Waals surface area contributed by atoms with Gasteiger partial charge in [0.2, 0.25) is 0 Å². The van der Waals surface area contributed by atoms with E-state index in [4.69, 9.17) is 0 Å². The van der Waals surface area contributed by atoms with Gasteiger partial charge in [-0.15, -0.1) is 0 Å². The number of amides is 1. The van der Waals surface area contributed by atoms with Gasteiger partial charge < -0.3 is 5.32 Å². The van der Waals surface area contributed by atoms with Crippen LogP contribution in [-0.4, -0.2) is 15.7 Å². The maximum Gasteiger partial charge on any atom is 0.274 e. The lowest BCUT2D eigenvalue weighted by molar-refractivity contribution is 0.0945. The van der Waals surface area contributed by atoms with E-state index < -0.39 is 0 Å². The molecule has 1 heterocycles. The summed E-state index contributed by atoms with van der Waals surface area (Å²) in [5.74, 6) is -0.293. The van der Waals surface area contributed by atoms with Gasteiger partial charge in [0, 0.05) is 11.9 Å². The highest BCUT2D eigenvalue weighted by Gasteiger charge is 2.17. The number of aromatic nitrogens is 2. The van der Waals surface area contributed by atoms with E-state index in [1.54, 1.807) is 18.2 Å². The number of benzene rings is 3. The molecule has 5 heteroatoms. The first-order chi connectivity index (χ1) is 13.5. The van der Waals surface area contributed by atoms with Crippen molar-refractivity contribution in [1.29, 1.82) is 0 Å². The Kier molecular flexibility index (Phi) is 4.65. The molecule has 0 unspecified atom stereocenters. The van der Waals surface area contributed by atoms with Gasteiger partial charge in [-0.25, -0.2) is 4.68 Å². The zero-order chi connectivity index (χ0) is 19.7. The lowest BCUT2D eigenvalue weighted by Gasteiger charge is -2.13. The van der Waals surface area contributed by atoms with Gasteiger partial charge in [-0.1, -0.05) is 54.6 Å². The SMILES string of the molecule is CC(C)n1nc(C(=O)NCc2ccc3ccccc3c2)c2ccccc2c1=O. The predicted octanol–water partition coefficient (Wildman–Crippen LogP) is 4.06. The summed E-state index contributed by atoms with van der Waals surface area (Å²) in [5, 5.41) is 10.7. The summed E-state index contributed by atoms with van der Waals surface area (Å²) < 4.78 is 1.37. The van der Waals surface area contributed by atoms with Crippen LogP contribution in [0.3, 0.4) is 0 Å². The van der Waals surface area contributed by atoms with E-state index in [1.165, 1.54) is 4.68 Å². The van der Waals surface area contributed by atoms with Crippen molar-refractivity contribution in [3.63, 3.8) is 0 Å². The fraction of sp³-hybridized carbons (Fsp3) is 0.174. The highest BCUT2D eigenvalue weighted by atomic mass is 16.2. The van der Waals surface area contributed by atoms with Crippen LogP contribution < -0.4 is 10.9 Å². The van der Waals surface area contributed by atoms with Crippen molar-refractivity contribution in [2.24, 2.45) is 0 Å². The van der Waals surface area contributed by atoms with Crippen molar-refractivity contribution in [2.45, 2.75) is 26.4 Å². The first kappa shape index (κ1) is 17.9. The van der Waals surface area contributed by atoms with Crippen LogP contribution in [0.1, 0.15) is 35.9 Å². The third-order valence-electron chi connectivity index (χ3n) is 4.80. The maximum atomic E-state index is 12.9. The highest BCUT2D eigenvalue weighted by molar-refractivity contribution is 6.04. The van der Waals surface area contributed by atoms with Gasteiger partial charge in [0.25, 0.3) is 11.5 Å². The highest BCUT2D eigenvalue weighted by Crippen LogP contribution is 2.17. The number of nitrogens with zero attached hydrogens (tertiary/aromatic N) is 2. The molecule has 0 fully saturated rings. The topological polar surface area (TPSA) is 64.0 Å². The Labute approximate surface area is 162 Å². The Balaban J connectivity index is 1.66. The molecule has 0 radical (unpaired) electrons. The van der Waals surface area contributed by atoms with Crippen molar-refractivity contribution in [2.75, 3.05) is 0 Å². The average molecular weight is 371 g/mol. The fourth-order valence-electron chi connectivity index (χ4n) is 3.34. The van der Waals surface area contributed by atoms with Gasteiger partial charge in [-0.2, -0.15) is 5.10 Å². The normalized spacial score (nSPS) is 11.2. The molecule has 0 aliphatic rings. The number of rotatable bonds is 4. The molecule has 140 valence electrons.